The van der Waals surface area contributed by atoms with E-state index in [1.165, 1.54) is 30.4 Å². The van der Waals surface area contributed by atoms with Crippen LogP contribution < -0.4 is 0 Å². The van der Waals surface area contributed by atoms with Gasteiger partial charge >= 0.3 is 0 Å². The van der Waals surface area contributed by atoms with Gasteiger partial charge in [-0.3, -0.25) is 9.69 Å². The van der Waals surface area contributed by atoms with Crippen molar-refractivity contribution >= 4 is 39.5 Å². The van der Waals surface area contributed by atoms with Crippen LogP contribution >= 0.6 is 22.6 Å². The number of likely N-dealkylation sites (tertiary alicyclic amines) is 1. The zero-order valence-electron chi connectivity index (χ0n) is 19.1. The van der Waals surface area contributed by atoms with Gasteiger partial charge in [0, 0.05) is 38.3 Å². The van der Waals surface area contributed by atoms with E-state index in [9.17, 15) is 4.79 Å². The molecule has 1 amide bonds. The Balaban J connectivity index is 1.27. The van der Waals surface area contributed by atoms with Crippen LogP contribution in [0.15, 0.2) is 42.5 Å². The first kappa shape index (κ1) is 21.9. The number of carbonyl (C=O) groups is 1. The average molecular weight is 542 g/mol. The van der Waals surface area contributed by atoms with Crippen LogP contribution in [0.2, 0.25) is 0 Å². The molecule has 1 unspecified atom stereocenters. The van der Waals surface area contributed by atoms with E-state index in [0.717, 1.165) is 48.5 Å². The zero-order chi connectivity index (χ0) is 22.5. The summed E-state index contributed by atoms with van der Waals surface area (Å²) in [5.74, 6) is 1.13. The molecule has 0 bridgehead atoms. The molecule has 0 spiro atoms. The number of benzene rings is 2. The molecule has 0 radical (unpaired) electrons. The molecule has 2 fully saturated rings. The summed E-state index contributed by atoms with van der Waals surface area (Å²) >= 11 is 2.63. The Labute approximate surface area is 203 Å². The van der Waals surface area contributed by atoms with Crippen molar-refractivity contribution in [3.8, 4) is 0 Å². The molecule has 1 saturated heterocycles. The van der Waals surface area contributed by atoms with Crippen molar-refractivity contribution < 1.29 is 4.79 Å². The summed E-state index contributed by atoms with van der Waals surface area (Å²) in [7, 11) is 1.97. The van der Waals surface area contributed by atoms with E-state index >= 15 is 0 Å². The molecule has 5 rings (SSSR count). The number of hydrogen-bond donors (Lipinski definition) is 0. The third-order valence-corrected chi connectivity index (χ3v) is 9.12. The van der Waals surface area contributed by atoms with Gasteiger partial charge in [-0.2, -0.15) is 0 Å². The minimum atomic E-state index is 0.124. The van der Waals surface area contributed by atoms with Crippen molar-refractivity contribution in [1.82, 2.24) is 19.4 Å². The molecule has 1 aliphatic heterocycles. The van der Waals surface area contributed by atoms with Gasteiger partial charge in [-0.1, -0.05) is 40.8 Å². The number of carbonyl (C=O) groups excluding carboxylic acids is 1. The Hall–Kier alpha value is -1.93. The summed E-state index contributed by atoms with van der Waals surface area (Å²) in [5.41, 5.74) is 5.36. The lowest BCUT2D eigenvalue weighted by Crippen LogP contribution is -2.49. The van der Waals surface area contributed by atoms with Gasteiger partial charge in [0.2, 0.25) is 0 Å². The third kappa shape index (κ3) is 3.96. The number of alkyl halides is 1. The van der Waals surface area contributed by atoms with E-state index in [1.807, 2.05) is 24.1 Å². The first-order chi connectivity index (χ1) is 15.3. The molecule has 2 aliphatic rings. The Kier molecular flexibility index (Phi) is 5.78. The predicted molar refractivity (Wildman–Crippen MR) is 137 cm³/mol. The molecule has 1 aliphatic carbocycles. The molecule has 168 valence electrons. The number of hydrogen-bond acceptors (Lipinski definition) is 3. The molecule has 0 N–H and O–H groups in total. The van der Waals surface area contributed by atoms with Crippen LogP contribution in [0.3, 0.4) is 0 Å². The van der Waals surface area contributed by atoms with Gasteiger partial charge in [-0.05, 0) is 74.9 Å². The first-order valence-corrected chi connectivity index (χ1v) is 12.7. The molecule has 1 atom stereocenters. The second-order valence-electron chi connectivity index (χ2n) is 9.51. The van der Waals surface area contributed by atoms with Gasteiger partial charge in [0.05, 0.1) is 14.6 Å². The number of rotatable bonds is 5. The standard InChI is InChI=1S/C26H31IN4O/c1-18-5-10-24-23(15-18)28-19(2)31(24)16-20-6-8-21(9-7-20)25(32)29(3)22-11-14-30(17-22)26(27)12-4-13-26/h5-10,15,22H,4,11-14,16-17H2,1-3H3. The number of fused-ring (bicyclic) bond motifs is 1. The quantitative estimate of drug-likeness (QED) is 0.254. The molecule has 32 heavy (non-hydrogen) atoms. The number of amides is 1. The van der Waals surface area contributed by atoms with Crippen molar-refractivity contribution in [2.75, 3.05) is 20.1 Å². The van der Waals surface area contributed by atoms with Crippen LogP contribution in [-0.2, 0) is 6.54 Å². The fraction of sp³-hybridized carbons (Fsp3) is 0.462. The second kappa shape index (κ2) is 8.45. The number of aryl methyl sites for hydroxylation is 2. The van der Waals surface area contributed by atoms with Crippen molar-refractivity contribution in [2.45, 2.75) is 55.7 Å². The number of likely N-dealkylation sites (N-methyl/N-ethyl adjacent to an activating group) is 1. The molecule has 2 heterocycles. The molecule has 6 heteroatoms. The predicted octanol–water partition coefficient (Wildman–Crippen LogP) is 5.16. The second-order valence-corrected chi connectivity index (χ2v) is 11.5. The summed E-state index contributed by atoms with van der Waals surface area (Å²) in [5, 5.41) is 0. The van der Waals surface area contributed by atoms with Gasteiger partial charge in [-0.15, -0.1) is 0 Å². The Bertz CT molecular complexity index is 1150. The zero-order valence-corrected chi connectivity index (χ0v) is 21.3. The van der Waals surface area contributed by atoms with Gasteiger partial charge in [0.15, 0.2) is 0 Å². The van der Waals surface area contributed by atoms with Gasteiger partial charge in [0.1, 0.15) is 5.82 Å². The van der Waals surface area contributed by atoms with Crippen molar-refractivity contribution in [3.63, 3.8) is 0 Å². The highest BCUT2D eigenvalue weighted by molar-refractivity contribution is 14.1. The van der Waals surface area contributed by atoms with Crippen LogP contribution in [0.4, 0.5) is 0 Å². The SMILES string of the molecule is Cc1ccc2c(c1)nc(C)n2Cc1ccc(C(=O)N(C)C2CCN(C3(I)CCC3)C2)cc1. The van der Waals surface area contributed by atoms with Crippen LogP contribution in [0.1, 0.15) is 53.0 Å². The lowest BCUT2D eigenvalue weighted by Gasteiger charge is -2.44. The molecular weight excluding hydrogens is 511 g/mol. The van der Waals surface area contributed by atoms with Gasteiger partial charge in [-0.25, -0.2) is 4.98 Å². The minimum absolute atomic E-state index is 0.124. The monoisotopic (exact) mass is 542 g/mol. The normalized spacial score (nSPS) is 20.4. The summed E-state index contributed by atoms with van der Waals surface area (Å²) < 4.78 is 2.58. The van der Waals surface area contributed by atoms with Crippen LogP contribution in [0.25, 0.3) is 11.0 Å². The molecule has 3 aromatic rings. The maximum absolute atomic E-state index is 13.2. The maximum atomic E-state index is 13.2. The smallest absolute Gasteiger partial charge is 0.253 e. The van der Waals surface area contributed by atoms with Crippen LogP contribution in [-0.4, -0.2) is 55.0 Å². The summed E-state index contributed by atoms with van der Waals surface area (Å²) in [4.78, 5) is 22.4. The molecular formula is C26H31IN4O. The third-order valence-electron chi connectivity index (χ3n) is 7.35. The van der Waals surface area contributed by atoms with Crippen molar-refractivity contribution in [1.29, 1.82) is 0 Å². The van der Waals surface area contributed by atoms with E-state index in [4.69, 9.17) is 4.98 Å². The Morgan fingerprint density at radius 1 is 1.19 bits per heavy atom. The van der Waals surface area contributed by atoms with E-state index in [2.05, 4.69) is 76.2 Å². The molecule has 2 aromatic carbocycles. The lowest BCUT2D eigenvalue weighted by molar-refractivity contribution is 0.0714. The topological polar surface area (TPSA) is 41.4 Å². The minimum Gasteiger partial charge on any atom is -0.337 e. The summed E-state index contributed by atoms with van der Waals surface area (Å²) in [6, 6.07) is 14.8. The van der Waals surface area contributed by atoms with Crippen molar-refractivity contribution in [2.24, 2.45) is 0 Å². The number of aromatic nitrogens is 2. The summed E-state index contributed by atoms with van der Waals surface area (Å²) in [6.07, 6.45) is 4.96. The first-order valence-electron chi connectivity index (χ1n) is 11.6. The number of nitrogens with zero attached hydrogens (tertiary/aromatic N) is 4. The van der Waals surface area contributed by atoms with E-state index < -0.39 is 0 Å². The highest BCUT2D eigenvalue weighted by Crippen LogP contribution is 2.45. The van der Waals surface area contributed by atoms with E-state index in [0.29, 0.717) is 9.59 Å². The van der Waals surface area contributed by atoms with Gasteiger partial charge < -0.3 is 9.47 Å². The fourth-order valence-electron chi connectivity index (χ4n) is 5.07. The fourth-order valence-corrected chi connectivity index (χ4v) is 6.27. The average Bonchev–Trinajstić information content (AvgIpc) is 3.37. The Morgan fingerprint density at radius 3 is 2.62 bits per heavy atom. The lowest BCUT2D eigenvalue weighted by atomic mass is 9.92. The summed E-state index contributed by atoms with van der Waals surface area (Å²) in [6.45, 7) is 7.00. The van der Waals surface area contributed by atoms with Crippen LogP contribution in [0.5, 0.6) is 0 Å². The highest BCUT2D eigenvalue weighted by atomic mass is 127. The maximum Gasteiger partial charge on any atom is 0.253 e. The molecule has 5 nitrogen and oxygen atoms in total. The van der Waals surface area contributed by atoms with Crippen molar-refractivity contribution in [3.05, 3.63) is 65.0 Å². The molecule has 1 aromatic heterocycles. The van der Waals surface area contributed by atoms with Gasteiger partial charge in [0.25, 0.3) is 5.91 Å². The molecule has 1 saturated carbocycles. The van der Waals surface area contributed by atoms with E-state index in [1.54, 1.807) is 0 Å². The number of halogens is 1. The highest BCUT2D eigenvalue weighted by Gasteiger charge is 2.44. The van der Waals surface area contributed by atoms with E-state index in [-0.39, 0.29) is 5.91 Å². The van der Waals surface area contributed by atoms with Crippen LogP contribution in [0, 0.1) is 13.8 Å². The Morgan fingerprint density at radius 2 is 1.94 bits per heavy atom. The number of imidazole rings is 1. The largest absolute Gasteiger partial charge is 0.337 e.